The number of aromatic nitrogens is 2. The van der Waals surface area contributed by atoms with Crippen molar-refractivity contribution in [2.45, 2.75) is 58.0 Å². The van der Waals surface area contributed by atoms with Crippen molar-refractivity contribution in [3.8, 4) is 0 Å². The quantitative estimate of drug-likeness (QED) is 0.725. The Kier molecular flexibility index (Phi) is 5.40. The Morgan fingerprint density at radius 2 is 1.95 bits per heavy atom. The molecule has 0 fully saturated rings. The van der Waals surface area contributed by atoms with E-state index in [1.54, 1.807) is 0 Å². The molecule has 0 saturated heterocycles. The number of aliphatic hydroxyl groups excluding tert-OH is 1. The first-order chi connectivity index (χ1) is 9.31. The van der Waals surface area contributed by atoms with E-state index in [0.29, 0.717) is 0 Å². The summed E-state index contributed by atoms with van der Waals surface area (Å²) in [5.74, 6) is 0. The number of hydrogen-bond acceptors (Lipinski definition) is 2. The van der Waals surface area contributed by atoms with E-state index in [1.807, 2.05) is 35.0 Å². The van der Waals surface area contributed by atoms with Gasteiger partial charge in [0.1, 0.15) is 5.65 Å². The number of aliphatic hydroxyl groups is 1. The number of unbranched alkanes of at least 4 members (excludes halogenated alkanes) is 5. The first kappa shape index (κ1) is 14.1. The topological polar surface area (TPSA) is 37.5 Å². The predicted octanol–water partition coefficient (Wildman–Crippen LogP) is 4.12. The van der Waals surface area contributed by atoms with Crippen LogP contribution in [0.15, 0.2) is 30.6 Å². The number of pyridine rings is 1. The third kappa shape index (κ3) is 4.06. The normalized spacial score (nSPS) is 12.9. The van der Waals surface area contributed by atoms with Gasteiger partial charge in [0, 0.05) is 12.4 Å². The lowest BCUT2D eigenvalue weighted by molar-refractivity contribution is 0.159. The van der Waals surface area contributed by atoms with Crippen molar-refractivity contribution in [2.75, 3.05) is 0 Å². The molecule has 0 aliphatic heterocycles. The Balaban J connectivity index is 1.78. The molecule has 19 heavy (non-hydrogen) atoms. The number of hydrogen-bond donors (Lipinski definition) is 1. The van der Waals surface area contributed by atoms with Crippen LogP contribution in [-0.2, 0) is 0 Å². The highest BCUT2D eigenvalue weighted by molar-refractivity contribution is 5.39. The fourth-order valence-electron chi connectivity index (χ4n) is 2.38. The van der Waals surface area contributed by atoms with Gasteiger partial charge in [-0.15, -0.1) is 0 Å². The maximum Gasteiger partial charge on any atom is 0.137 e. The van der Waals surface area contributed by atoms with E-state index in [0.717, 1.165) is 24.2 Å². The first-order valence-electron chi connectivity index (χ1n) is 7.43. The lowest BCUT2D eigenvalue weighted by Crippen LogP contribution is -1.97. The number of nitrogens with zero attached hydrogens (tertiary/aromatic N) is 2. The van der Waals surface area contributed by atoms with Crippen LogP contribution in [0.4, 0.5) is 0 Å². The lowest BCUT2D eigenvalue weighted by atomic mass is 10.1. The monoisotopic (exact) mass is 260 g/mol. The molecule has 1 N–H and O–H groups in total. The second kappa shape index (κ2) is 7.29. The van der Waals surface area contributed by atoms with Crippen molar-refractivity contribution >= 4 is 5.65 Å². The summed E-state index contributed by atoms with van der Waals surface area (Å²) in [5.41, 5.74) is 1.69. The van der Waals surface area contributed by atoms with Gasteiger partial charge in [-0.25, -0.2) is 4.98 Å². The average molecular weight is 260 g/mol. The minimum atomic E-state index is -0.425. The van der Waals surface area contributed by atoms with Gasteiger partial charge in [0.2, 0.25) is 0 Å². The second-order valence-electron chi connectivity index (χ2n) is 5.20. The van der Waals surface area contributed by atoms with Gasteiger partial charge in [-0.1, -0.05) is 51.5 Å². The molecule has 0 aliphatic carbocycles. The van der Waals surface area contributed by atoms with E-state index in [-0.39, 0.29) is 0 Å². The molecule has 0 spiro atoms. The Bertz CT molecular complexity index is 459. The summed E-state index contributed by atoms with van der Waals surface area (Å²) in [5, 5.41) is 10.1. The van der Waals surface area contributed by atoms with E-state index in [9.17, 15) is 5.11 Å². The van der Waals surface area contributed by atoms with Crippen LogP contribution in [0.25, 0.3) is 5.65 Å². The van der Waals surface area contributed by atoms with Gasteiger partial charge in [0.05, 0.1) is 11.8 Å². The van der Waals surface area contributed by atoms with Gasteiger partial charge in [0.25, 0.3) is 0 Å². The van der Waals surface area contributed by atoms with Crippen LogP contribution in [-0.4, -0.2) is 14.5 Å². The van der Waals surface area contributed by atoms with Gasteiger partial charge in [0.15, 0.2) is 0 Å². The van der Waals surface area contributed by atoms with Crippen LogP contribution in [0.1, 0.15) is 63.7 Å². The van der Waals surface area contributed by atoms with Crippen molar-refractivity contribution in [1.82, 2.24) is 9.38 Å². The van der Waals surface area contributed by atoms with Gasteiger partial charge >= 0.3 is 0 Å². The fourth-order valence-corrected chi connectivity index (χ4v) is 2.38. The Morgan fingerprint density at radius 3 is 2.74 bits per heavy atom. The molecule has 0 aromatic carbocycles. The second-order valence-corrected chi connectivity index (χ2v) is 5.20. The highest BCUT2D eigenvalue weighted by Crippen LogP contribution is 2.20. The molecule has 0 amide bonds. The maximum atomic E-state index is 10.1. The number of imidazole rings is 1. The molecule has 0 bridgehead atoms. The third-order valence-electron chi connectivity index (χ3n) is 3.56. The molecule has 0 aliphatic rings. The Hall–Kier alpha value is -1.35. The van der Waals surface area contributed by atoms with E-state index >= 15 is 0 Å². The number of fused-ring (bicyclic) bond motifs is 1. The Labute approximate surface area is 115 Å². The zero-order chi connectivity index (χ0) is 13.5. The summed E-state index contributed by atoms with van der Waals surface area (Å²) in [6.45, 7) is 2.23. The van der Waals surface area contributed by atoms with Crippen LogP contribution in [0, 0.1) is 0 Å². The molecule has 0 saturated carbocycles. The molecule has 2 aromatic rings. The first-order valence-corrected chi connectivity index (χ1v) is 7.43. The van der Waals surface area contributed by atoms with Crippen molar-refractivity contribution in [2.24, 2.45) is 0 Å². The van der Waals surface area contributed by atoms with Crippen molar-refractivity contribution in [1.29, 1.82) is 0 Å². The molecule has 3 nitrogen and oxygen atoms in total. The fraction of sp³-hybridized carbons (Fsp3) is 0.562. The SMILES string of the molecule is CCCCCCCCC(O)c1cn2ccccc2n1. The van der Waals surface area contributed by atoms with Gasteiger partial charge in [-0.05, 0) is 18.6 Å². The van der Waals surface area contributed by atoms with E-state index < -0.39 is 6.10 Å². The summed E-state index contributed by atoms with van der Waals surface area (Å²) in [6.07, 6.45) is 11.8. The zero-order valence-electron chi connectivity index (χ0n) is 11.8. The molecule has 3 heteroatoms. The summed E-state index contributed by atoms with van der Waals surface area (Å²) < 4.78 is 1.96. The van der Waals surface area contributed by atoms with E-state index in [2.05, 4.69) is 11.9 Å². The van der Waals surface area contributed by atoms with Gasteiger partial charge in [-0.2, -0.15) is 0 Å². The highest BCUT2D eigenvalue weighted by atomic mass is 16.3. The van der Waals surface area contributed by atoms with Gasteiger partial charge in [-0.3, -0.25) is 0 Å². The average Bonchev–Trinajstić information content (AvgIpc) is 2.86. The molecule has 1 atom stereocenters. The smallest absolute Gasteiger partial charge is 0.137 e. The van der Waals surface area contributed by atoms with Crippen LogP contribution >= 0.6 is 0 Å². The largest absolute Gasteiger partial charge is 0.387 e. The van der Waals surface area contributed by atoms with Crippen LogP contribution in [0.2, 0.25) is 0 Å². The van der Waals surface area contributed by atoms with Crippen LogP contribution in [0.5, 0.6) is 0 Å². The van der Waals surface area contributed by atoms with Crippen LogP contribution < -0.4 is 0 Å². The van der Waals surface area contributed by atoms with Crippen molar-refractivity contribution < 1.29 is 5.11 Å². The summed E-state index contributed by atoms with van der Waals surface area (Å²) in [7, 11) is 0. The standard InChI is InChI=1S/C16H24N2O/c1-2-3-4-5-6-7-10-15(19)14-13-18-12-9-8-11-16(18)17-14/h8-9,11-13,15,19H,2-7,10H2,1H3. The molecule has 104 valence electrons. The molecular weight excluding hydrogens is 236 g/mol. The highest BCUT2D eigenvalue weighted by Gasteiger charge is 2.11. The number of rotatable bonds is 8. The van der Waals surface area contributed by atoms with Crippen LogP contribution in [0.3, 0.4) is 0 Å². The van der Waals surface area contributed by atoms with Gasteiger partial charge < -0.3 is 9.51 Å². The minimum Gasteiger partial charge on any atom is -0.387 e. The van der Waals surface area contributed by atoms with Crippen molar-refractivity contribution in [3.05, 3.63) is 36.3 Å². The molecule has 2 rings (SSSR count). The van der Waals surface area contributed by atoms with E-state index in [4.69, 9.17) is 0 Å². The molecule has 2 aromatic heterocycles. The summed E-state index contributed by atoms with van der Waals surface area (Å²) in [4.78, 5) is 4.45. The molecule has 2 heterocycles. The lowest BCUT2D eigenvalue weighted by Gasteiger charge is -2.07. The minimum absolute atomic E-state index is 0.425. The maximum absolute atomic E-state index is 10.1. The summed E-state index contributed by atoms with van der Waals surface area (Å²) in [6, 6.07) is 5.89. The predicted molar refractivity (Wildman–Crippen MR) is 78.1 cm³/mol. The zero-order valence-corrected chi connectivity index (χ0v) is 11.8. The molecular formula is C16H24N2O. The Morgan fingerprint density at radius 1 is 1.16 bits per heavy atom. The third-order valence-corrected chi connectivity index (χ3v) is 3.56. The molecule has 0 radical (unpaired) electrons. The summed E-state index contributed by atoms with van der Waals surface area (Å²) >= 11 is 0. The van der Waals surface area contributed by atoms with Crippen molar-refractivity contribution in [3.63, 3.8) is 0 Å². The molecule has 1 unspecified atom stereocenters. The van der Waals surface area contributed by atoms with E-state index in [1.165, 1.54) is 32.1 Å².